The van der Waals surface area contributed by atoms with Crippen LogP contribution in [0.4, 0.5) is 0 Å². The number of benzene rings is 1. The first-order valence-corrected chi connectivity index (χ1v) is 7.22. The minimum Gasteiger partial charge on any atom is -0.314 e. The summed E-state index contributed by atoms with van der Waals surface area (Å²) in [6.07, 6.45) is 3.64. The Bertz CT molecular complexity index is 527. The third kappa shape index (κ3) is 2.94. The van der Waals surface area contributed by atoms with Gasteiger partial charge in [0, 0.05) is 19.0 Å². The van der Waals surface area contributed by atoms with E-state index < -0.39 is 0 Å². The molecule has 1 aromatic carbocycles. The molecule has 0 bridgehead atoms. The Kier molecular flexibility index (Phi) is 3.39. The van der Waals surface area contributed by atoms with Gasteiger partial charge in [-0.15, -0.1) is 11.3 Å². The molecule has 0 spiro atoms. The number of rotatable bonds is 6. The molecule has 1 aliphatic rings. The second-order valence-corrected chi connectivity index (χ2v) is 5.88. The maximum absolute atomic E-state index is 11.8. The maximum atomic E-state index is 11.8. The van der Waals surface area contributed by atoms with Crippen LogP contribution in [-0.2, 0) is 11.2 Å². The maximum Gasteiger partial charge on any atom is 0.140 e. The van der Waals surface area contributed by atoms with Crippen molar-refractivity contribution in [3.8, 4) is 0 Å². The van der Waals surface area contributed by atoms with Gasteiger partial charge in [0.15, 0.2) is 0 Å². The minimum absolute atomic E-state index is 0.280. The molecule has 1 saturated carbocycles. The second kappa shape index (κ2) is 5.16. The Morgan fingerprint density at radius 3 is 3.00 bits per heavy atom. The lowest BCUT2D eigenvalue weighted by molar-refractivity contribution is -0.118. The molecule has 0 saturated heterocycles. The van der Waals surface area contributed by atoms with Gasteiger partial charge in [-0.3, -0.25) is 4.79 Å². The van der Waals surface area contributed by atoms with Crippen LogP contribution in [0, 0.1) is 0 Å². The van der Waals surface area contributed by atoms with Gasteiger partial charge >= 0.3 is 0 Å². The lowest BCUT2D eigenvalue weighted by Gasteiger charge is -2.00. The van der Waals surface area contributed by atoms with Crippen molar-refractivity contribution in [3.05, 3.63) is 29.3 Å². The van der Waals surface area contributed by atoms with E-state index in [-0.39, 0.29) is 5.78 Å². The number of thiazole rings is 1. The number of hydrogen-bond acceptors (Lipinski definition) is 4. The molecule has 18 heavy (non-hydrogen) atoms. The molecule has 1 heterocycles. The zero-order valence-electron chi connectivity index (χ0n) is 10.2. The molecule has 1 aliphatic carbocycles. The van der Waals surface area contributed by atoms with E-state index in [0.29, 0.717) is 18.9 Å². The first kappa shape index (κ1) is 11.8. The molecule has 0 atom stereocenters. The molecule has 0 aliphatic heterocycles. The van der Waals surface area contributed by atoms with Crippen molar-refractivity contribution in [1.29, 1.82) is 0 Å². The molecule has 4 heteroatoms. The molecular formula is C14H16N2OS. The zero-order chi connectivity index (χ0) is 12.4. The first-order valence-electron chi connectivity index (χ1n) is 6.41. The number of ketones is 1. The van der Waals surface area contributed by atoms with Crippen molar-refractivity contribution in [2.75, 3.05) is 6.54 Å². The van der Waals surface area contributed by atoms with Crippen LogP contribution in [0.3, 0.4) is 0 Å². The molecule has 3 nitrogen and oxygen atoms in total. The second-order valence-electron chi connectivity index (χ2n) is 4.77. The fraction of sp³-hybridized carbons (Fsp3) is 0.429. The van der Waals surface area contributed by atoms with Gasteiger partial charge in [0.2, 0.25) is 0 Å². The molecule has 0 radical (unpaired) electrons. The van der Waals surface area contributed by atoms with E-state index in [1.807, 2.05) is 18.2 Å². The van der Waals surface area contributed by atoms with Crippen LogP contribution in [0.1, 0.15) is 24.3 Å². The van der Waals surface area contributed by atoms with Crippen LogP contribution in [-0.4, -0.2) is 23.4 Å². The number of carbonyl (C=O) groups excluding carboxylic acids is 1. The molecule has 94 valence electrons. The van der Waals surface area contributed by atoms with Crippen molar-refractivity contribution < 1.29 is 4.79 Å². The summed E-state index contributed by atoms with van der Waals surface area (Å²) in [6, 6.07) is 8.71. The fourth-order valence-corrected chi connectivity index (χ4v) is 2.95. The largest absolute Gasteiger partial charge is 0.314 e. The quantitative estimate of drug-likeness (QED) is 0.868. The fourth-order valence-electron chi connectivity index (χ4n) is 1.96. The smallest absolute Gasteiger partial charge is 0.140 e. The summed E-state index contributed by atoms with van der Waals surface area (Å²) in [6.45, 7) is 0.814. The topological polar surface area (TPSA) is 42.0 Å². The Balaban J connectivity index is 1.55. The van der Waals surface area contributed by atoms with Gasteiger partial charge in [-0.2, -0.15) is 0 Å². The van der Waals surface area contributed by atoms with E-state index in [1.165, 1.54) is 12.8 Å². The standard InChI is InChI=1S/C14H16N2OS/c17-11(7-8-15-10-5-6-10)9-14-16-12-3-1-2-4-13(12)18-14/h1-4,10,15H,5-9H2. The highest BCUT2D eigenvalue weighted by molar-refractivity contribution is 7.18. The van der Waals surface area contributed by atoms with Crippen molar-refractivity contribution in [2.24, 2.45) is 0 Å². The van der Waals surface area contributed by atoms with Gasteiger partial charge in [-0.25, -0.2) is 4.98 Å². The van der Waals surface area contributed by atoms with Crippen LogP contribution in [0.5, 0.6) is 0 Å². The number of Topliss-reactive ketones (excluding diaryl/α,β-unsaturated/α-hetero) is 1. The van der Waals surface area contributed by atoms with Gasteiger partial charge in [0.05, 0.1) is 16.6 Å². The number of hydrogen-bond donors (Lipinski definition) is 1. The number of fused-ring (bicyclic) bond motifs is 1. The summed E-state index contributed by atoms with van der Waals surface area (Å²) in [5.41, 5.74) is 1.00. The lowest BCUT2D eigenvalue weighted by atomic mass is 10.2. The van der Waals surface area contributed by atoms with Crippen LogP contribution in [0.15, 0.2) is 24.3 Å². The van der Waals surface area contributed by atoms with E-state index in [1.54, 1.807) is 11.3 Å². The minimum atomic E-state index is 0.280. The molecule has 2 aromatic rings. The Labute approximate surface area is 110 Å². The van der Waals surface area contributed by atoms with Gasteiger partial charge in [0.25, 0.3) is 0 Å². The third-order valence-electron chi connectivity index (χ3n) is 3.10. The summed E-state index contributed by atoms with van der Waals surface area (Å²) in [5, 5.41) is 4.30. The van der Waals surface area contributed by atoms with E-state index in [2.05, 4.69) is 16.4 Å². The number of carbonyl (C=O) groups is 1. The SMILES string of the molecule is O=C(CCNC1CC1)Cc1nc2ccccc2s1. The Morgan fingerprint density at radius 1 is 1.39 bits per heavy atom. The predicted molar refractivity (Wildman–Crippen MR) is 74.0 cm³/mol. The first-order chi connectivity index (χ1) is 8.81. The van der Waals surface area contributed by atoms with E-state index in [4.69, 9.17) is 0 Å². The highest BCUT2D eigenvalue weighted by Crippen LogP contribution is 2.22. The summed E-state index contributed by atoms with van der Waals surface area (Å²) < 4.78 is 1.16. The lowest BCUT2D eigenvalue weighted by Crippen LogP contribution is -2.20. The number of para-hydroxylation sites is 1. The summed E-state index contributed by atoms with van der Waals surface area (Å²) in [7, 11) is 0. The van der Waals surface area contributed by atoms with Gasteiger partial charge < -0.3 is 5.32 Å². The van der Waals surface area contributed by atoms with Crippen molar-refractivity contribution in [2.45, 2.75) is 31.7 Å². The Morgan fingerprint density at radius 2 is 2.22 bits per heavy atom. The molecule has 0 unspecified atom stereocenters. The molecule has 0 amide bonds. The van der Waals surface area contributed by atoms with E-state index >= 15 is 0 Å². The van der Waals surface area contributed by atoms with Crippen LogP contribution >= 0.6 is 11.3 Å². The number of aromatic nitrogens is 1. The highest BCUT2D eigenvalue weighted by Gasteiger charge is 2.20. The van der Waals surface area contributed by atoms with Crippen LogP contribution < -0.4 is 5.32 Å². The normalized spacial score (nSPS) is 15.1. The molecule has 1 aromatic heterocycles. The van der Waals surface area contributed by atoms with Gasteiger partial charge in [-0.05, 0) is 25.0 Å². The van der Waals surface area contributed by atoms with Crippen molar-refractivity contribution in [3.63, 3.8) is 0 Å². The molecule has 3 rings (SSSR count). The van der Waals surface area contributed by atoms with Gasteiger partial charge in [0.1, 0.15) is 10.8 Å². The summed E-state index contributed by atoms with van der Waals surface area (Å²) >= 11 is 1.63. The van der Waals surface area contributed by atoms with Crippen LogP contribution in [0.2, 0.25) is 0 Å². The van der Waals surface area contributed by atoms with E-state index in [0.717, 1.165) is 21.8 Å². The van der Waals surface area contributed by atoms with Crippen LogP contribution in [0.25, 0.3) is 10.2 Å². The molecule has 1 N–H and O–H groups in total. The van der Waals surface area contributed by atoms with Crippen molar-refractivity contribution in [1.82, 2.24) is 10.3 Å². The number of nitrogens with zero attached hydrogens (tertiary/aromatic N) is 1. The Hall–Kier alpha value is -1.26. The summed E-state index contributed by atoms with van der Waals surface area (Å²) in [4.78, 5) is 16.3. The monoisotopic (exact) mass is 260 g/mol. The summed E-state index contributed by atoms with van der Waals surface area (Å²) in [5.74, 6) is 0.280. The third-order valence-corrected chi connectivity index (χ3v) is 4.14. The van der Waals surface area contributed by atoms with E-state index in [9.17, 15) is 4.79 Å². The predicted octanol–water partition coefficient (Wildman–Crippen LogP) is 2.55. The molecular weight excluding hydrogens is 244 g/mol. The highest BCUT2D eigenvalue weighted by atomic mass is 32.1. The van der Waals surface area contributed by atoms with Gasteiger partial charge in [-0.1, -0.05) is 12.1 Å². The zero-order valence-corrected chi connectivity index (χ0v) is 11.0. The number of nitrogens with one attached hydrogen (secondary N) is 1. The van der Waals surface area contributed by atoms with Crippen molar-refractivity contribution >= 4 is 27.3 Å². The molecule has 1 fully saturated rings. The average molecular weight is 260 g/mol. The average Bonchev–Trinajstić information content (AvgIpc) is 3.08.